The number of fused-ring (bicyclic) bond motifs is 1. The summed E-state index contributed by atoms with van der Waals surface area (Å²) in [5, 5.41) is 0. The largest absolute Gasteiger partial charge is 0.469 e. The number of nitrogens with zero attached hydrogens (tertiary/aromatic N) is 3. The van der Waals surface area contributed by atoms with E-state index in [1.165, 1.54) is 7.11 Å². The van der Waals surface area contributed by atoms with Crippen molar-refractivity contribution in [2.75, 3.05) is 53.4 Å². The number of imidazole rings is 1. The minimum Gasteiger partial charge on any atom is -0.469 e. The van der Waals surface area contributed by atoms with E-state index in [2.05, 4.69) is 9.88 Å². The minimum atomic E-state index is -0.321. The zero-order valence-corrected chi connectivity index (χ0v) is 15.0. The molecule has 2 aromatic heterocycles. The Balaban J connectivity index is 2.35. The molecule has 0 bridgehead atoms. The van der Waals surface area contributed by atoms with Gasteiger partial charge in [0.05, 0.1) is 38.1 Å². The van der Waals surface area contributed by atoms with Gasteiger partial charge in [-0.1, -0.05) is 0 Å². The van der Waals surface area contributed by atoms with Crippen LogP contribution in [0.3, 0.4) is 0 Å². The van der Waals surface area contributed by atoms with Gasteiger partial charge < -0.3 is 24.3 Å². The standard InChI is InChI=1S/C17H26N4O4/c1-23-8-6-20(7-9-24-2)12-15-14(10-17(22)25-3)19-16-5-4-13(18)11-21(15)16/h4-5,11H,6-10,12,18H2,1-3H3. The van der Waals surface area contributed by atoms with Crippen LogP contribution in [0.2, 0.25) is 0 Å². The molecule has 8 heteroatoms. The highest BCUT2D eigenvalue weighted by Crippen LogP contribution is 2.18. The summed E-state index contributed by atoms with van der Waals surface area (Å²) in [5.41, 5.74) is 8.92. The topological polar surface area (TPSA) is 91.3 Å². The maximum atomic E-state index is 11.8. The second kappa shape index (κ2) is 9.36. The molecule has 0 atom stereocenters. The van der Waals surface area contributed by atoms with Crippen LogP contribution in [0, 0.1) is 0 Å². The van der Waals surface area contributed by atoms with Crippen molar-refractivity contribution in [3.05, 3.63) is 29.7 Å². The first kappa shape index (κ1) is 19.2. The Morgan fingerprint density at radius 3 is 2.48 bits per heavy atom. The summed E-state index contributed by atoms with van der Waals surface area (Å²) >= 11 is 0. The molecule has 0 fully saturated rings. The second-order valence-electron chi connectivity index (χ2n) is 5.71. The fourth-order valence-electron chi connectivity index (χ4n) is 2.60. The lowest BCUT2D eigenvalue weighted by atomic mass is 10.2. The predicted octanol–water partition coefficient (Wildman–Crippen LogP) is 0.727. The number of nitrogens with two attached hydrogens (primary N) is 1. The molecule has 0 aliphatic rings. The van der Waals surface area contributed by atoms with Gasteiger partial charge in [-0.05, 0) is 12.1 Å². The summed E-state index contributed by atoms with van der Waals surface area (Å²) < 4.78 is 17.1. The normalized spacial score (nSPS) is 11.4. The monoisotopic (exact) mass is 350 g/mol. The number of methoxy groups -OCH3 is 3. The first-order valence-electron chi connectivity index (χ1n) is 8.11. The number of carbonyl (C=O) groups excluding carboxylic acids is 1. The van der Waals surface area contributed by atoms with Crippen molar-refractivity contribution in [3.63, 3.8) is 0 Å². The average molecular weight is 350 g/mol. The Bertz CT molecular complexity index is 693. The van der Waals surface area contributed by atoms with E-state index in [1.807, 2.05) is 16.7 Å². The molecule has 25 heavy (non-hydrogen) atoms. The van der Waals surface area contributed by atoms with Crippen LogP contribution in [0.15, 0.2) is 18.3 Å². The average Bonchev–Trinajstić information content (AvgIpc) is 2.93. The molecule has 0 aromatic carbocycles. The summed E-state index contributed by atoms with van der Waals surface area (Å²) in [6.07, 6.45) is 1.94. The lowest BCUT2D eigenvalue weighted by Gasteiger charge is -2.22. The molecule has 8 nitrogen and oxygen atoms in total. The summed E-state index contributed by atoms with van der Waals surface area (Å²) in [6.45, 7) is 3.30. The third-order valence-electron chi connectivity index (χ3n) is 3.96. The summed E-state index contributed by atoms with van der Waals surface area (Å²) in [6, 6.07) is 3.63. The van der Waals surface area contributed by atoms with E-state index in [9.17, 15) is 4.79 Å². The molecule has 2 N–H and O–H groups in total. The fraction of sp³-hybridized carbons (Fsp3) is 0.529. The van der Waals surface area contributed by atoms with Crippen LogP contribution in [0.1, 0.15) is 11.4 Å². The van der Waals surface area contributed by atoms with Crippen molar-refractivity contribution in [1.82, 2.24) is 14.3 Å². The maximum Gasteiger partial charge on any atom is 0.311 e. The van der Waals surface area contributed by atoms with E-state index in [-0.39, 0.29) is 12.4 Å². The molecule has 0 unspecified atom stereocenters. The first-order chi connectivity index (χ1) is 12.1. The van der Waals surface area contributed by atoms with Crippen molar-refractivity contribution in [1.29, 1.82) is 0 Å². The lowest BCUT2D eigenvalue weighted by molar-refractivity contribution is -0.139. The Kier molecular flexibility index (Phi) is 7.17. The number of carbonyl (C=O) groups is 1. The van der Waals surface area contributed by atoms with E-state index < -0.39 is 0 Å². The molecule has 138 valence electrons. The molecule has 0 aliphatic carbocycles. The third kappa shape index (κ3) is 5.15. The highest BCUT2D eigenvalue weighted by atomic mass is 16.5. The summed E-state index contributed by atoms with van der Waals surface area (Å²) in [7, 11) is 4.72. The quantitative estimate of drug-likeness (QED) is 0.632. The van der Waals surface area contributed by atoms with Crippen LogP contribution in [0.4, 0.5) is 5.69 Å². The number of rotatable bonds is 10. The van der Waals surface area contributed by atoms with Crippen LogP contribution in [-0.2, 0) is 32.0 Å². The minimum absolute atomic E-state index is 0.121. The van der Waals surface area contributed by atoms with Gasteiger partial charge in [0.2, 0.25) is 0 Å². The molecule has 2 heterocycles. The van der Waals surface area contributed by atoms with E-state index in [1.54, 1.807) is 20.3 Å². The molecule has 0 spiro atoms. The number of nitrogen functional groups attached to an aromatic ring is 1. The van der Waals surface area contributed by atoms with Crippen molar-refractivity contribution in [3.8, 4) is 0 Å². The molecule has 2 aromatic rings. The second-order valence-corrected chi connectivity index (χ2v) is 5.71. The Labute approximate surface area is 147 Å². The lowest BCUT2D eigenvalue weighted by Crippen LogP contribution is -2.31. The van der Waals surface area contributed by atoms with Gasteiger partial charge in [-0.25, -0.2) is 4.98 Å². The number of aromatic nitrogens is 2. The van der Waals surface area contributed by atoms with Crippen LogP contribution < -0.4 is 5.73 Å². The number of esters is 1. The Morgan fingerprint density at radius 1 is 1.20 bits per heavy atom. The van der Waals surface area contributed by atoms with Crippen LogP contribution >= 0.6 is 0 Å². The molecular formula is C17H26N4O4. The SMILES string of the molecule is COCCN(CCOC)Cc1c(CC(=O)OC)nc2ccc(N)cn12. The van der Waals surface area contributed by atoms with Crippen LogP contribution in [0.25, 0.3) is 5.65 Å². The first-order valence-corrected chi connectivity index (χ1v) is 8.11. The predicted molar refractivity (Wildman–Crippen MR) is 94.4 cm³/mol. The molecule has 0 aliphatic heterocycles. The zero-order chi connectivity index (χ0) is 18.2. The number of pyridine rings is 1. The van der Waals surface area contributed by atoms with Crippen molar-refractivity contribution in [2.45, 2.75) is 13.0 Å². The van der Waals surface area contributed by atoms with Gasteiger partial charge in [0, 0.05) is 45.7 Å². The van der Waals surface area contributed by atoms with E-state index in [0.717, 1.165) is 24.4 Å². The molecule has 0 radical (unpaired) electrons. The maximum absolute atomic E-state index is 11.8. The van der Waals surface area contributed by atoms with Crippen molar-refractivity contribution in [2.24, 2.45) is 0 Å². The molecule has 2 rings (SSSR count). The van der Waals surface area contributed by atoms with Gasteiger partial charge in [0.1, 0.15) is 5.65 Å². The summed E-state index contributed by atoms with van der Waals surface area (Å²) in [4.78, 5) is 18.5. The highest BCUT2D eigenvalue weighted by Gasteiger charge is 2.18. The van der Waals surface area contributed by atoms with Crippen molar-refractivity contribution < 1.29 is 19.0 Å². The van der Waals surface area contributed by atoms with E-state index in [4.69, 9.17) is 19.9 Å². The molecular weight excluding hydrogens is 324 g/mol. The van der Waals surface area contributed by atoms with Gasteiger partial charge in [-0.15, -0.1) is 0 Å². The highest BCUT2D eigenvalue weighted by molar-refractivity contribution is 5.72. The van der Waals surface area contributed by atoms with Crippen LogP contribution in [-0.4, -0.2) is 67.9 Å². The van der Waals surface area contributed by atoms with Crippen LogP contribution in [0.5, 0.6) is 0 Å². The number of anilines is 1. The van der Waals surface area contributed by atoms with Crippen molar-refractivity contribution >= 4 is 17.3 Å². The van der Waals surface area contributed by atoms with Gasteiger partial charge in [-0.3, -0.25) is 9.69 Å². The summed E-state index contributed by atoms with van der Waals surface area (Å²) in [5.74, 6) is -0.321. The fourth-order valence-corrected chi connectivity index (χ4v) is 2.60. The number of hydrogen-bond donors (Lipinski definition) is 1. The van der Waals surface area contributed by atoms with Gasteiger partial charge in [0.25, 0.3) is 0 Å². The molecule has 0 saturated heterocycles. The van der Waals surface area contributed by atoms with E-state index in [0.29, 0.717) is 31.1 Å². The molecule has 0 saturated carbocycles. The molecule has 0 amide bonds. The van der Waals surface area contributed by atoms with Gasteiger partial charge in [-0.2, -0.15) is 0 Å². The van der Waals surface area contributed by atoms with E-state index >= 15 is 0 Å². The van der Waals surface area contributed by atoms with Gasteiger partial charge >= 0.3 is 5.97 Å². The third-order valence-corrected chi connectivity index (χ3v) is 3.96. The number of hydrogen-bond acceptors (Lipinski definition) is 7. The van der Waals surface area contributed by atoms with Gasteiger partial charge in [0.15, 0.2) is 0 Å². The number of ether oxygens (including phenoxy) is 3. The zero-order valence-electron chi connectivity index (χ0n) is 15.0. The Morgan fingerprint density at radius 2 is 1.88 bits per heavy atom. The Hall–Kier alpha value is -2.16. The smallest absolute Gasteiger partial charge is 0.311 e.